The molecule has 2 saturated heterocycles. The van der Waals surface area contributed by atoms with Crippen LogP contribution in [0.4, 0.5) is 0 Å². The Labute approximate surface area is 121 Å². The lowest BCUT2D eigenvalue weighted by Crippen LogP contribution is -2.42. The molecule has 1 aromatic carbocycles. The minimum atomic E-state index is 0.529. The van der Waals surface area contributed by atoms with Gasteiger partial charge in [0.15, 0.2) is 0 Å². The van der Waals surface area contributed by atoms with Crippen molar-refractivity contribution in [3.05, 3.63) is 29.8 Å². The van der Waals surface area contributed by atoms with Gasteiger partial charge in [0.1, 0.15) is 5.75 Å². The minimum Gasteiger partial charge on any atom is -0.493 e. The van der Waals surface area contributed by atoms with Gasteiger partial charge < -0.3 is 10.1 Å². The molecule has 3 aliphatic rings. The van der Waals surface area contributed by atoms with E-state index in [4.69, 9.17) is 4.74 Å². The maximum Gasteiger partial charge on any atom is 0.124 e. The fraction of sp³-hybridized carbons (Fsp3) is 0.647. The van der Waals surface area contributed by atoms with Gasteiger partial charge in [-0.15, -0.1) is 0 Å². The molecule has 2 fully saturated rings. The molecule has 4 unspecified atom stereocenters. The van der Waals surface area contributed by atoms with Crippen LogP contribution in [-0.4, -0.2) is 36.7 Å². The second-order valence-corrected chi connectivity index (χ2v) is 6.69. The lowest BCUT2D eigenvalue weighted by molar-refractivity contribution is 0.0859. The number of likely N-dealkylation sites (tertiary alicyclic amines) is 1. The Morgan fingerprint density at radius 1 is 1.15 bits per heavy atom. The molecule has 108 valence electrons. The lowest BCUT2D eigenvalue weighted by Gasteiger charge is -2.40. The molecule has 0 radical (unpaired) electrons. The average molecular weight is 272 g/mol. The van der Waals surface area contributed by atoms with Crippen LogP contribution in [0.1, 0.15) is 37.8 Å². The van der Waals surface area contributed by atoms with E-state index in [0.29, 0.717) is 18.0 Å². The number of fused-ring (bicyclic) bond motifs is 3. The van der Waals surface area contributed by atoms with Crippen molar-refractivity contribution in [1.82, 2.24) is 10.2 Å². The van der Waals surface area contributed by atoms with Crippen LogP contribution in [0.5, 0.6) is 5.75 Å². The van der Waals surface area contributed by atoms with Gasteiger partial charge in [-0.3, -0.25) is 4.90 Å². The summed E-state index contributed by atoms with van der Waals surface area (Å²) in [6.45, 7) is 5.59. The van der Waals surface area contributed by atoms with Gasteiger partial charge >= 0.3 is 0 Å². The summed E-state index contributed by atoms with van der Waals surface area (Å²) in [4.78, 5) is 2.71. The van der Waals surface area contributed by atoms with Crippen molar-refractivity contribution in [1.29, 1.82) is 0 Å². The molecule has 0 spiro atoms. The highest BCUT2D eigenvalue weighted by atomic mass is 16.5. The third kappa shape index (κ3) is 2.13. The average Bonchev–Trinajstić information content (AvgIpc) is 2.80. The maximum atomic E-state index is 5.91. The number of benzene rings is 1. The fourth-order valence-electron chi connectivity index (χ4n) is 4.25. The molecule has 0 amide bonds. The highest BCUT2D eigenvalue weighted by Crippen LogP contribution is 2.40. The Bertz CT molecular complexity index is 490. The van der Waals surface area contributed by atoms with E-state index in [9.17, 15) is 0 Å². The van der Waals surface area contributed by atoms with Crippen LogP contribution in [0.25, 0.3) is 0 Å². The standard InChI is InChI=1S/C17H24N2O/c1-12-11-20-16-5-3-2-4-15(16)17(12)19-9-8-13-6-7-14(10-19)18-13/h2-5,12-14,17-18H,6-11H2,1H3. The molecule has 3 heterocycles. The topological polar surface area (TPSA) is 24.5 Å². The summed E-state index contributed by atoms with van der Waals surface area (Å²) in [5.41, 5.74) is 1.39. The van der Waals surface area contributed by atoms with Crippen LogP contribution in [0, 0.1) is 5.92 Å². The molecule has 1 N–H and O–H groups in total. The van der Waals surface area contributed by atoms with Crippen molar-refractivity contribution in [2.45, 2.75) is 44.3 Å². The second-order valence-electron chi connectivity index (χ2n) is 6.69. The summed E-state index contributed by atoms with van der Waals surface area (Å²) in [5, 5.41) is 3.79. The number of para-hydroxylation sites is 1. The predicted octanol–water partition coefficient (Wildman–Crippen LogP) is 2.58. The van der Waals surface area contributed by atoms with E-state index < -0.39 is 0 Å². The number of ether oxygens (including phenoxy) is 1. The van der Waals surface area contributed by atoms with Crippen LogP contribution in [0.3, 0.4) is 0 Å². The Balaban J connectivity index is 1.63. The van der Waals surface area contributed by atoms with E-state index in [1.165, 1.54) is 37.9 Å². The highest BCUT2D eigenvalue weighted by molar-refractivity contribution is 5.38. The van der Waals surface area contributed by atoms with E-state index in [0.717, 1.165) is 18.4 Å². The van der Waals surface area contributed by atoms with E-state index >= 15 is 0 Å². The Hall–Kier alpha value is -1.06. The fourth-order valence-corrected chi connectivity index (χ4v) is 4.25. The van der Waals surface area contributed by atoms with Crippen molar-refractivity contribution in [3.63, 3.8) is 0 Å². The zero-order valence-electron chi connectivity index (χ0n) is 12.2. The summed E-state index contributed by atoms with van der Waals surface area (Å²) in [6, 6.07) is 10.6. The summed E-state index contributed by atoms with van der Waals surface area (Å²) in [7, 11) is 0. The van der Waals surface area contributed by atoms with Crippen LogP contribution in [0.15, 0.2) is 24.3 Å². The predicted molar refractivity (Wildman–Crippen MR) is 80.0 cm³/mol. The molecule has 20 heavy (non-hydrogen) atoms. The first kappa shape index (κ1) is 12.7. The van der Waals surface area contributed by atoms with Gasteiger partial charge in [0.2, 0.25) is 0 Å². The van der Waals surface area contributed by atoms with E-state index in [1.54, 1.807) is 0 Å². The zero-order valence-corrected chi connectivity index (χ0v) is 12.2. The van der Waals surface area contributed by atoms with Gasteiger partial charge in [0.05, 0.1) is 6.61 Å². The number of hydrogen-bond donors (Lipinski definition) is 1. The monoisotopic (exact) mass is 272 g/mol. The number of nitrogens with zero attached hydrogens (tertiary/aromatic N) is 1. The number of nitrogens with one attached hydrogen (secondary N) is 1. The van der Waals surface area contributed by atoms with Crippen LogP contribution < -0.4 is 10.1 Å². The van der Waals surface area contributed by atoms with Crippen LogP contribution in [-0.2, 0) is 0 Å². The second kappa shape index (κ2) is 5.05. The van der Waals surface area contributed by atoms with Gasteiger partial charge in [0.25, 0.3) is 0 Å². The first-order valence-electron chi connectivity index (χ1n) is 8.03. The van der Waals surface area contributed by atoms with Crippen molar-refractivity contribution in [2.24, 2.45) is 5.92 Å². The number of hydrogen-bond acceptors (Lipinski definition) is 3. The summed E-state index contributed by atoms with van der Waals surface area (Å²) in [5.74, 6) is 1.67. The lowest BCUT2D eigenvalue weighted by atomic mass is 9.89. The first-order valence-corrected chi connectivity index (χ1v) is 8.03. The molecule has 4 atom stereocenters. The van der Waals surface area contributed by atoms with Gasteiger partial charge in [0, 0.05) is 42.7 Å². The summed E-state index contributed by atoms with van der Waals surface area (Å²) in [6.07, 6.45) is 4.02. The molecule has 1 aromatic rings. The van der Waals surface area contributed by atoms with Crippen LogP contribution >= 0.6 is 0 Å². The Morgan fingerprint density at radius 3 is 2.95 bits per heavy atom. The minimum absolute atomic E-state index is 0.529. The van der Waals surface area contributed by atoms with Gasteiger partial charge in [-0.05, 0) is 25.3 Å². The molecule has 4 rings (SSSR count). The summed E-state index contributed by atoms with van der Waals surface area (Å²) >= 11 is 0. The normalized spacial score (nSPS) is 37.0. The smallest absolute Gasteiger partial charge is 0.124 e. The number of rotatable bonds is 1. The van der Waals surface area contributed by atoms with E-state index in [1.807, 2.05) is 0 Å². The van der Waals surface area contributed by atoms with E-state index in [-0.39, 0.29) is 0 Å². The van der Waals surface area contributed by atoms with E-state index in [2.05, 4.69) is 41.4 Å². The Kier molecular flexibility index (Phi) is 3.20. The zero-order chi connectivity index (χ0) is 13.5. The SMILES string of the molecule is CC1COc2ccccc2C1N1CCC2CCC(C1)N2. The molecular formula is C17H24N2O. The highest BCUT2D eigenvalue weighted by Gasteiger charge is 2.37. The largest absolute Gasteiger partial charge is 0.493 e. The molecule has 0 aliphatic carbocycles. The van der Waals surface area contributed by atoms with Gasteiger partial charge in [-0.1, -0.05) is 25.1 Å². The van der Waals surface area contributed by atoms with Crippen molar-refractivity contribution in [3.8, 4) is 5.75 Å². The van der Waals surface area contributed by atoms with Crippen LogP contribution in [0.2, 0.25) is 0 Å². The molecule has 0 saturated carbocycles. The summed E-state index contributed by atoms with van der Waals surface area (Å²) < 4.78 is 5.91. The molecule has 3 heteroatoms. The van der Waals surface area contributed by atoms with Crippen molar-refractivity contribution >= 4 is 0 Å². The molecule has 2 bridgehead atoms. The van der Waals surface area contributed by atoms with Gasteiger partial charge in [-0.25, -0.2) is 0 Å². The van der Waals surface area contributed by atoms with Crippen molar-refractivity contribution in [2.75, 3.05) is 19.7 Å². The molecule has 3 nitrogen and oxygen atoms in total. The molecule has 0 aromatic heterocycles. The third-order valence-electron chi connectivity index (χ3n) is 5.23. The maximum absolute atomic E-state index is 5.91. The van der Waals surface area contributed by atoms with Crippen molar-refractivity contribution < 1.29 is 4.74 Å². The third-order valence-corrected chi connectivity index (χ3v) is 5.23. The molecule has 3 aliphatic heterocycles. The molecular weight excluding hydrogens is 248 g/mol. The van der Waals surface area contributed by atoms with Gasteiger partial charge in [-0.2, -0.15) is 0 Å². The Morgan fingerprint density at radius 2 is 2.00 bits per heavy atom. The quantitative estimate of drug-likeness (QED) is 0.850. The first-order chi connectivity index (χ1) is 9.81.